The number of hydrogen-bond donors (Lipinski definition) is 1. The molecule has 0 aliphatic heterocycles. The molecule has 0 bridgehead atoms. The Hall–Kier alpha value is -0.810. The number of sulfonamides is 1. The third kappa shape index (κ3) is 2.86. The zero-order valence-corrected chi connectivity index (χ0v) is 10.5. The molecule has 4 nitrogen and oxygen atoms in total. The van der Waals surface area contributed by atoms with Crippen LogP contribution in [0.15, 0.2) is 12.3 Å². The Morgan fingerprint density at radius 1 is 1.56 bits per heavy atom. The molecule has 16 heavy (non-hydrogen) atoms. The van der Waals surface area contributed by atoms with Crippen LogP contribution in [0, 0.1) is 12.8 Å². The minimum absolute atomic E-state index is 0.178. The van der Waals surface area contributed by atoms with Crippen LogP contribution in [0.25, 0.3) is 0 Å². The first-order chi connectivity index (χ1) is 7.48. The molecule has 1 saturated carbocycles. The van der Waals surface area contributed by atoms with Crippen LogP contribution in [0.2, 0.25) is 5.15 Å². The lowest BCUT2D eigenvalue weighted by Crippen LogP contribution is -2.18. The number of anilines is 1. The van der Waals surface area contributed by atoms with E-state index >= 15 is 0 Å². The SMILES string of the molecule is Cc1ccnc(Cl)c1NS(=O)(=O)CC1CC1. The van der Waals surface area contributed by atoms with Crippen molar-refractivity contribution < 1.29 is 8.42 Å². The van der Waals surface area contributed by atoms with Crippen LogP contribution in [0.4, 0.5) is 5.69 Å². The maximum Gasteiger partial charge on any atom is 0.233 e. The van der Waals surface area contributed by atoms with Gasteiger partial charge in [0.25, 0.3) is 0 Å². The van der Waals surface area contributed by atoms with Crippen molar-refractivity contribution in [1.29, 1.82) is 0 Å². The third-order valence-corrected chi connectivity index (χ3v) is 4.23. The summed E-state index contributed by atoms with van der Waals surface area (Å²) in [6.45, 7) is 1.79. The maximum atomic E-state index is 11.8. The van der Waals surface area contributed by atoms with Crippen molar-refractivity contribution in [1.82, 2.24) is 4.98 Å². The molecular weight excluding hydrogens is 248 g/mol. The van der Waals surface area contributed by atoms with Crippen LogP contribution < -0.4 is 4.72 Å². The van der Waals surface area contributed by atoms with Gasteiger partial charge in [-0.3, -0.25) is 4.72 Å². The Morgan fingerprint density at radius 2 is 2.25 bits per heavy atom. The summed E-state index contributed by atoms with van der Waals surface area (Å²) in [7, 11) is -3.29. The van der Waals surface area contributed by atoms with Crippen molar-refractivity contribution in [3.8, 4) is 0 Å². The monoisotopic (exact) mass is 260 g/mol. The molecule has 0 radical (unpaired) electrons. The van der Waals surface area contributed by atoms with E-state index in [0.29, 0.717) is 11.6 Å². The summed E-state index contributed by atoms with van der Waals surface area (Å²) in [6.07, 6.45) is 3.55. The molecule has 0 atom stereocenters. The summed E-state index contributed by atoms with van der Waals surface area (Å²) < 4.78 is 26.0. The Morgan fingerprint density at radius 3 is 2.81 bits per heavy atom. The van der Waals surface area contributed by atoms with Crippen molar-refractivity contribution in [3.05, 3.63) is 23.0 Å². The number of nitrogens with zero attached hydrogens (tertiary/aromatic N) is 1. The van der Waals surface area contributed by atoms with Crippen LogP contribution in [-0.4, -0.2) is 19.2 Å². The Balaban J connectivity index is 2.19. The fraction of sp³-hybridized carbons (Fsp3) is 0.500. The fourth-order valence-corrected chi connectivity index (χ4v) is 3.35. The van der Waals surface area contributed by atoms with Crippen LogP contribution in [-0.2, 0) is 10.0 Å². The van der Waals surface area contributed by atoms with Gasteiger partial charge in [0.05, 0.1) is 11.4 Å². The lowest BCUT2D eigenvalue weighted by Gasteiger charge is -2.10. The number of rotatable bonds is 4. The maximum absolute atomic E-state index is 11.8. The predicted octanol–water partition coefficient (Wildman–Crippen LogP) is 2.20. The van der Waals surface area contributed by atoms with E-state index in [4.69, 9.17) is 11.6 Å². The topological polar surface area (TPSA) is 59.1 Å². The Kier molecular flexibility index (Phi) is 3.08. The normalized spacial score (nSPS) is 16.1. The molecule has 0 amide bonds. The molecule has 0 unspecified atom stereocenters. The van der Waals surface area contributed by atoms with Gasteiger partial charge >= 0.3 is 0 Å². The van der Waals surface area contributed by atoms with Gasteiger partial charge in [0.1, 0.15) is 0 Å². The summed E-state index contributed by atoms with van der Waals surface area (Å²) in [5.41, 5.74) is 1.17. The van der Waals surface area contributed by atoms with Gasteiger partial charge in [-0.25, -0.2) is 13.4 Å². The van der Waals surface area contributed by atoms with Gasteiger partial charge in [-0.1, -0.05) is 11.6 Å². The molecule has 0 spiro atoms. The first-order valence-electron chi connectivity index (χ1n) is 5.09. The van der Waals surface area contributed by atoms with Crippen molar-refractivity contribution in [3.63, 3.8) is 0 Å². The fourth-order valence-electron chi connectivity index (χ4n) is 1.44. The van der Waals surface area contributed by atoms with Gasteiger partial charge in [0.15, 0.2) is 5.15 Å². The minimum atomic E-state index is -3.29. The lowest BCUT2D eigenvalue weighted by atomic mass is 10.3. The van der Waals surface area contributed by atoms with E-state index in [0.717, 1.165) is 18.4 Å². The van der Waals surface area contributed by atoms with Gasteiger partial charge in [-0.05, 0) is 37.3 Å². The molecule has 6 heteroatoms. The molecular formula is C10H13ClN2O2S. The Labute approximate surface area is 100 Å². The van der Waals surface area contributed by atoms with Gasteiger partial charge in [-0.2, -0.15) is 0 Å². The van der Waals surface area contributed by atoms with E-state index in [1.54, 1.807) is 19.2 Å². The van der Waals surface area contributed by atoms with Gasteiger partial charge in [-0.15, -0.1) is 0 Å². The smallest absolute Gasteiger partial charge is 0.233 e. The van der Waals surface area contributed by atoms with Gasteiger partial charge < -0.3 is 0 Å². The first kappa shape index (κ1) is 11.7. The molecule has 1 N–H and O–H groups in total. The molecule has 1 aromatic rings. The minimum Gasteiger partial charge on any atom is -0.280 e. The zero-order valence-electron chi connectivity index (χ0n) is 8.90. The van der Waals surface area contributed by atoms with Crippen molar-refractivity contribution >= 4 is 27.3 Å². The number of aryl methyl sites for hydroxylation is 1. The van der Waals surface area contributed by atoms with Crippen molar-refractivity contribution in [2.24, 2.45) is 5.92 Å². The lowest BCUT2D eigenvalue weighted by molar-refractivity contribution is 0.597. The molecule has 0 aromatic carbocycles. The van der Waals surface area contributed by atoms with Crippen molar-refractivity contribution in [2.45, 2.75) is 19.8 Å². The number of halogens is 1. The largest absolute Gasteiger partial charge is 0.280 e. The van der Waals surface area contributed by atoms with Gasteiger partial charge in [0.2, 0.25) is 10.0 Å². The second-order valence-corrected chi connectivity index (χ2v) is 6.25. The number of aromatic nitrogens is 1. The molecule has 1 fully saturated rings. The summed E-state index contributed by atoms with van der Waals surface area (Å²) in [6, 6.07) is 1.72. The summed E-state index contributed by atoms with van der Waals surface area (Å²) in [5.74, 6) is 0.491. The van der Waals surface area contributed by atoms with E-state index in [9.17, 15) is 8.42 Å². The standard InChI is InChI=1S/C10H13ClN2O2S/c1-7-4-5-12-10(11)9(7)13-16(14,15)6-8-2-3-8/h4-5,8,13H,2-3,6H2,1H3. The van der Waals surface area contributed by atoms with Crippen molar-refractivity contribution in [2.75, 3.05) is 10.5 Å². The average molecular weight is 261 g/mol. The first-order valence-corrected chi connectivity index (χ1v) is 7.12. The van der Waals surface area contributed by atoms with Crippen LogP contribution >= 0.6 is 11.6 Å². The highest BCUT2D eigenvalue weighted by molar-refractivity contribution is 7.92. The average Bonchev–Trinajstić information content (AvgIpc) is 2.95. The summed E-state index contributed by atoms with van der Waals surface area (Å²) in [4.78, 5) is 3.86. The zero-order chi connectivity index (χ0) is 11.8. The van der Waals surface area contributed by atoms with Gasteiger partial charge in [0, 0.05) is 6.20 Å². The molecule has 1 aliphatic carbocycles. The molecule has 0 saturated heterocycles. The van der Waals surface area contributed by atoms with E-state index in [1.165, 1.54) is 0 Å². The van der Waals surface area contributed by atoms with Crippen LogP contribution in [0.5, 0.6) is 0 Å². The van der Waals surface area contributed by atoms with E-state index in [1.807, 2.05) is 0 Å². The highest BCUT2D eigenvalue weighted by Gasteiger charge is 2.28. The molecule has 1 aliphatic rings. The summed E-state index contributed by atoms with van der Waals surface area (Å²) in [5, 5.41) is 0.194. The second kappa shape index (κ2) is 4.22. The van der Waals surface area contributed by atoms with E-state index < -0.39 is 10.0 Å². The predicted molar refractivity (Wildman–Crippen MR) is 64.1 cm³/mol. The number of hydrogen-bond acceptors (Lipinski definition) is 3. The summed E-state index contributed by atoms with van der Waals surface area (Å²) >= 11 is 5.85. The highest BCUT2D eigenvalue weighted by atomic mass is 35.5. The highest BCUT2D eigenvalue weighted by Crippen LogP contribution is 2.31. The second-order valence-electron chi connectivity index (χ2n) is 4.12. The van der Waals surface area contributed by atoms with E-state index in [2.05, 4.69) is 9.71 Å². The third-order valence-electron chi connectivity index (χ3n) is 2.52. The van der Waals surface area contributed by atoms with Crippen LogP contribution in [0.3, 0.4) is 0 Å². The number of pyridine rings is 1. The molecule has 2 rings (SSSR count). The number of nitrogens with one attached hydrogen (secondary N) is 1. The molecule has 1 aromatic heterocycles. The van der Waals surface area contributed by atoms with E-state index in [-0.39, 0.29) is 10.9 Å². The quantitative estimate of drug-likeness (QED) is 0.845. The molecule has 1 heterocycles. The molecule has 88 valence electrons. The van der Waals surface area contributed by atoms with Crippen LogP contribution in [0.1, 0.15) is 18.4 Å². The Bertz CT molecular complexity index is 477.